The van der Waals surface area contributed by atoms with Crippen molar-refractivity contribution in [1.29, 1.82) is 0 Å². The number of methoxy groups -OCH3 is 1. The molecule has 0 spiro atoms. The Hall–Kier alpha value is -0.870. The SMILES string of the molecule is COCc1cn2c(n1)CCC(N)C2. The van der Waals surface area contributed by atoms with Crippen LogP contribution in [0.15, 0.2) is 6.20 Å². The lowest BCUT2D eigenvalue weighted by Gasteiger charge is -2.19. The van der Waals surface area contributed by atoms with Crippen LogP contribution in [-0.2, 0) is 24.3 Å². The Balaban J connectivity index is 2.18. The van der Waals surface area contributed by atoms with E-state index in [0.29, 0.717) is 6.61 Å². The third-order valence-electron chi connectivity index (χ3n) is 2.37. The van der Waals surface area contributed by atoms with E-state index in [1.807, 2.05) is 6.20 Å². The fraction of sp³-hybridized carbons (Fsp3) is 0.667. The second-order valence-electron chi connectivity index (χ2n) is 3.53. The molecule has 2 N–H and O–H groups in total. The summed E-state index contributed by atoms with van der Waals surface area (Å²) in [5.74, 6) is 1.15. The summed E-state index contributed by atoms with van der Waals surface area (Å²) >= 11 is 0. The number of aryl methyl sites for hydroxylation is 1. The van der Waals surface area contributed by atoms with Gasteiger partial charge >= 0.3 is 0 Å². The number of ether oxygens (including phenoxy) is 1. The molecule has 0 bridgehead atoms. The molecule has 13 heavy (non-hydrogen) atoms. The Morgan fingerprint density at radius 3 is 3.38 bits per heavy atom. The van der Waals surface area contributed by atoms with Crippen molar-refractivity contribution in [3.05, 3.63) is 17.7 Å². The summed E-state index contributed by atoms with van der Waals surface area (Å²) < 4.78 is 7.17. The van der Waals surface area contributed by atoms with Gasteiger partial charge in [0.25, 0.3) is 0 Å². The van der Waals surface area contributed by atoms with Gasteiger partial charge < -0.3 is 15.0 Å². The molecule has 0 saturated heterocycles. The number of rotatable bonds is 2. The van der Waals surface area contributed by atoms with E-state index in [-0.39, 0.29) is 6.04 Å². The number of hydrogen-bond donors (Lipinski definition) is 1. The van der Waals surface area contributed by atoms with E-state index in [9.17, 15) is 0 Å². The average Bonchev–Trinajstić information content (AvgIpc) is 2.46. The number of hydrogen-bond acceptors (Lipinski definition) is 3. The minimum absolute atomic E-state index is 0.289. The molecule has 1 atom stereocenters. The molecule has 0 aliphatic carbocycles. The van der Waals surface area contributed by atoms with Crippen molar-refractivity contribution in [1.82, 2.24) is 9.55 Å². The van der Waals surface area contributed by atoms with Crippen molar-refractivity contribution < 1.29 is 4.74 Å². The predicted molar refractivity (Wildman–Crippen MR) is 49.2 cm³/mol. The molecule has 2 rings (SSSR count). The molecule has 4 nitrogen and oxygen atoms in total. The first kappa shape index (κ1) is 8.72. The number of nitrogens with zero attached hydrogens (tertiary/aromatic N) is 2. The van der Waals surface area contributed by atoms with E-state index in [0.717, 1.165) is 30.9 Å². The van der Waals surface area contributed by atoms with Gasteiger partial charge in [-0.05, 0) is 6.42 Å². The first-order valence-electron chi connectivity index (χ1n) is 4.59. The largest absolute Gasteiger partial charge is 0.378 e. The second kappa shape index (κ2) is 3.47. The highest BCUT2D eigenvalue weighted by molar-refractivity contribution is 5.06. The molecule has 1 aromatic rings. The van der Waals surface area contributed by atoms with E-state index < -0.39 is 0 Å². The quantitative estimate of drug-likeness (QED) is 0.714. The molecule has 2 heterocycles. The van der Waals surface area contributed by atoms with Crippen LogP contribution in [0, 0.1) is 0 Å². The topological polar surface area (TPSA) is 53.1 Å². The molecule has 4 heteroatoms. The summed E-state index contributed by atoms with van der Waals surface area (Å²) in [6.07, 6.45) is 4.08. The Morgan fingerprint density at radius 2 is 2.62 bits per heavy atom. The van der Waals surface area contributed by atoms with Gasteiger partial charge in [-0.25, -0.2) is 4.98 Å². The third-order valence-corrected chi connectivity index (χ3v) is 2.37. The van der Waals surface area contributed by atoms with Crippen LogP contribution >= 0.6 is 0 Å². The third kappa shape index (κ3) is 1.73. The second-order valence-corrected chi connectivity index (χ2v) is 3.53. The molecule has 1 unspecified atom stereocenters. The molecular weight excluding hydrogens is 166 g/mol. The zero-order valence-corrected chi connectivity index (χ0v) is 7.86. The molecule has 0 radical (unpaired) electrons. The fourth-order valence-electron chi connectivity index (χ4n) is 1.75. The van der Waals surface area contributed by atoms with Crippen molar-refractivity contribution in [3.8, 4) is 0 Å². The van der Waals surface area contributed by atoms with Crippen LogP contribution in [0.2, 0.25) is 0 Å². The highest BCUT2D eigenvalue weighted by Gasteiger charge is 2.16. The summed E-state index contributed by atoms with van der Waals surface area (Å²) in [7, 11) is 1.68. The smallest absolute Gasteiger partial charge is 0.109 e. The lowest BCUT2D eigenvalue weighted by molar-refractivity contribution is 0.181. The minimum Gasteiger partial charge on any atom is -0.378 e. The number of fused-ring (bicyclic) bond motifs is 1. The maximum Gasteiger partial charge on any atom is 0.109 e. The van der Waals surface area contributed by atoms with Gasteiger partial charge in [0.1, 0.15) is 5.82 Å². The van der Waals surface area contributed by atoms with Crippen molar-refractivity contribution in [3.63, 3.8) is 0 Å². The lowest BCUT2D eigenvalue weighted by Crippen LogP contribution is -2.31. The Kier molecular flexibility index (Phi) is 2.33. The lowest BCUT2D eigenvalue weighted by atomic mass is 10.1. The standard InChI is InChI=1S/C9H15N3O/c1-13-6-8-5-12-4-7(10)2-3-9(12)11-8/h5,7H,2-4,6,10H2,1H3. The predicted octanol–water partition coefficient (Wildman–Crippen LogP) is 0.303. The Labute approximate surface area is 77.7 Å². The van der Waals surface area contributed by atoms with E-state index >= 15 is 0 Å². The number of nitrogens with two attached hydrogens (primary N) is 1. The molecule has 0 saturated carbocycles. The van der Waals surface area contributed by atoms with Crippen molar-refractivity contribution in [2.45, 2.75) is 32.0 Å². The van der Waals surface area contributed by atoms with Gasteiger partial charge in [0.2, 0.25) is 0 Å². The van der Waals surface area contributed by atoms with Crippen LogP contribution in [0.25, 0.3) is 0 Å². The first-order chi connectivity index (χ1) is 6.29. The molecular formula is C9H15N3O. The van der Waals surface area contributed by atoms with Gasteiger partial charge in [-0.2, -0.15) is 0 Å². The Morgan fingerprint density at radius 1 is 1.77 bits per heavy atom. The molecule has 1 aliphatic heterocycles. The van der Waals surface area contributed by atoms with Gasteiger partial charge in [0.05, 0.1) is 12.3 Å². The van der Waals surface area contributed by atoms with Crippen molar-refractivity contribution >= 4 is 0 Å². The van der Waals surface area contributed by atoms with Crippen LogP contribution in [0.1, 0.15) is 17.9 Å². The summed E-state index contributed by atoms with van der Waals surface area (Å²) in [4.78, 5) is 4.46. The van der Waals surface area contributed by atoms with E-state index in [2.05, 4.69) is 9.55 Å². The van der Waals surface area contributed by atoms with Crippen LogP contribution < -0.4 is 5.73 Å². The maximum absolute atomic E-state index is 5.85. The van der Waals surface area contributed by atoms with E-state index in [1.54, 1.807) is 7.11 Å². The van der Waals surface area contributed by atoms with E-state index in [1.165, 1.54) is 0 Å². The van der Waals surface area contributed by atoms with Gasteiger partial charge in [-0.3, -0.25) is 0 Å². The minimum atomic E-state index is 0.289. The monoisotopic (exact) mass is 181 g/mol. The molecule has 1 aromatic heterocycles. The normalized spacial score (nSPS) is 21.5. The summed E-state index contributed by atoms with van der Waals surface area (Å²) in [5, 5.41) is 0. The zero-order valence-electron chi connectivity index (χ0n) is 7.86. The van der Waals surface area contributed by atoms with Crippen molar-refractivity contribution in [2.24, 2.45) is 5.73 Å². The molecule has 1 aliphatic rings. The average molecular weight is 181 g/mol. The van der Waals surface area contributed by atoms with Gasteiger partial charge in [-0.15, -0.1) is 0 Å². The maximum atomic E-state index is 5.85. The highest BCUT2D eigenvalue weighted by atomic mass is 16.5. The molecule has 0 amide bonds. The number of imidazole rings is 1. The summed E-state index contributed by atoms with van der Waals surface area (Å²) in [6.45, 7) is 1.49. The van der Waals surface area contributed by atoms with E-state index in [4.69, 9.17) is 10.5 Å². The molecule has 72 valence electrons. The van der Waals surface area contributed by atoms with Gasteiger partial charge in [-0.1, -0.05) is 0 Å². The van der Waals surface area contributed by atoms with Crippen LogP contribution in [-0.4, -0.2) is 22.7 Å². The molecule has 0 aromatic carbocycles. The van der Waals surface area contributed by atoms with Crippen molar-refractivity contribution in [2.75, 3.05) is 7.11 Å². The van der Waals surface area contributed by atoms with Gasteiger partial charge in [0, 0.05) is 32.3 Å². The van der Waals surface area contributed by atoms with Crippen LogP contribution in [0.4, 0.5) is 0 Å². The van der Waals surface area contributed by atoms with Crippen LogP contribution in [0.5, 0.6) is 0 Å². The summed E-state index contributed by atoms with van der Waals surface area (Å²) in [5.41, 5.74) is 6.86. The fourth-order valence-corrected chi connectivity index (χ4v) is 1.75. The first-order valence-corrected chi connectivity index (χ1v) is 4.59. The molecule has 0 fully saturated rings. The van der Waals surface area contributed by atoms with Crippen LogP contribution in [0.3, 0.4) is 0 Å². The zero-order chi connectivity index (χ0) is 9.26. The number of aromatic nitrogens is 2. The Bertz CT molecular complexity index is 295. The highest BCUT2D eigenvalue weighted by Crippen LogP contribution is 2.14. The summed E-state index contributed by atoms with van der Waals surface area (Å²) in [6, 6.07) is 0.289. The van der Waals surface area contributed by atoms with Gasteiger partial charge in [0.15, 0.2) is 0 Å².